The van der Waals surface area contributed by atoms with Crippen LogP contribution in [0.25, 0.3) is 0 Å². The van der Waals surface area contributed by atoms with E-state index in [0.717, 1.165) is 11.1 Å². The topological polar surface area (TPSA) is 75.3 Å². The van der Waals surface area contributed by atoms with Crippen molar-refractivity contribution in [2.45, 2.75) is 38.1 Å². The molecule has 0 heterocycles. The molecule has 2 rings (SSSR count). The summed E-state index contributed by atoms with van der Waals surface area (Å²) in [5, 5.41) is 3.40. The molecule has 1 amide bonds. The van der Waals surface area contributed by atoms with Gasteiger partial charge in [-0.25, -0.2) is 13.1 Å². The zero-order valence-corrected chi connectivity index (χ0v) is 16.6. The summed E-state index contributed by atoms with van der Waals surface area (Å²) in [4.78, 5) is 12.3. The van der Waals surface area contributed by atoms with Gasteiger partial charge < -0.3 is 5.32 Å². The first kappa shape index (κ1) is 20.4. The molecule has 2 N–H and O–H groups in total. The number of hydrogen-bond acceptors (Lipinski definition) is 3. The van der Waals surface area contributed by atoms with Crippen molar-refractivity contribution in [2.24, 2.45) is 0 Å². The minimum atomic E-state index is -3.65. The summed E-state index contributed by atoms with van der Waals surface area (Å²) < 4.78 is 27.3. The molecule has 7 heteroatoms. The standard InChI is InChI=1S/C19H23ClN2O3S/c1-13-8-9-14(2)18(12-13)26(24,25)21-11-10-19(23)22-15(3)16-6-4-5-7-17(16)20/h4-9,12,15,21H,10-11H2,1-3H3,(H,22,23). The van der Waals surface area contributed by atoms with Crippen LogP contribution in [0.1, 0.15) is 36.1 Å². The number of carbonyl (C=O) groups is 1. The molecule has 0 radical (unpaired) electrons. The average Bonchev–Trinajstić information content (AvgIpc) is 2.57. The summed E-state index contributed by atoms with van der Waals surface area (Å²) in [6.45, 7) is 5.43. The van der Waals surface area contributed by atoms with Crippen LogP contribution in [0.3, 0.4) is 0 Å². The van der Waals surface area contributed by atoms with Gasteiger partial charge in [-0.3, -0.25) is 4.79 Å². The minimum absolute atomic E-state index is 0.0246. The van der Waals surface area contributed by atoms with Crippen LogP contribution in [0, 0.1) is 13.8 Å². The van der Waals surface area contributed by atoms with E-state index in [4.69, 9.17) is 11.6 Å². The predicted octanol–water partition coefficient (Wildman–Crippen LogP) is 3.50. The van der Waals surface area contributed by atoms with Crippen molar-refractivity contribution < 1.29 is 13.2 Å². The van der Waals surface area contributed by atoms with Gasteiger partial charge in [0.25, 0.3) is 0 Å². The molecule has 2 aromatic rings. The highest BCUT2D eigenvalue weighted by molar-refractivity contribution is 7.89. The second-order valence-electron chi connectivity index (χ2n) is 6.23. The van der Waals surface area contributed by atoms with E-state index in [1.807, 2.05) is 38.1 Å². The molecule has 140 valence electrons. The fraction of sp³-hybridized carbons (Fsp3) is 0.316. The van der Waals surface area contributed by atoms with Crippen LogP contribution in [0.2, 0.25) is 5.02 Å². The summed E-state index contributed by atoms with van der Waals surface area (Å²) in [5.41, 5.74) is 2.35. The van der Waals surface area contributed by atoms with Crippen molar-refractivity contribution in [1.82, 2.24) is 10.0 Å². The molecule has 0 saturated heterocycles. The molecule has 0 aliphatic heterocycles. The Morgan fingerprint density at radius 3 is 2.54 bits per heavy atom. The van der Waals surface area contributed by atoms with E-state index >= 15 is 0 Å². The highest BCUT2D eigenvalue weighted by atomic mass is 35.5. The van der Waals surface area contributed by atoms with Gasteiger partial charge >= 0.3 is 0 Å². The number of aryl methyl sites for hydroxylation is 2. The van der Waals surface area contributed by atoms with Crippen LogP contribution in [0.15, 0.2) is 47.4 Å². The number of sulfonamides is 1. The van der Waals surface area contributed by atoms with E-state index in [1.54, 1.807) is 25.1 Å². The Morgan fingerprint density at radius 1 is 1.15 bits per heavy atom. The number of carbonyl (C=O) groups excluding carboxylic acids is 1. The Labute approximate surface area is 159 Å². The maximum Gasteiger partial charge on any atom is 0.240 e. The Bertz CT molecular complexity index is 897. The van der Waals surface area contributed by atoms with Crippen LogP contribution in [-0.4, -0.2) is 20.9 Å². The first-order valence-corrected chi connectivity index (χ1v) is 10.2. The fourth-order valence-corrected chi connectivity index (χ4v) is 4.25. The van der Waals surface area contributed by atoms with Gasteiger partial charge in [0.1, 0.15) is 0 Å². The number of rotatable bonds is 7. The lowest BCUT2D eigenvalue weighted by Crippen LogP contribution is -2.32. The lowest BCUT2D eigenvalue weighted by Gasteiger charge is -2.16. The molecule has 26 heavy (non-hydrogen) atoms. The lowest BCUT2D eigenvalue weighted by molar-refractivity contribution is -0.121. The fourth-order valence-electron chi connectivity index (χ4n) is 2.59. The van der Waals surface area contributed by atoms with Gasteiger partial charge in [0.15, 0.2) is 0 Å². The Kier molecular flexibility index (Phi) is 6.81. The van der Waals surface area contributed by atoms with E-state index in [9.17, 15) is 13.2 Å². The third-order valence-corrected chi connectivity index (χ3v) is 5.97. The highest BCUT2D eigenvalue weighted by Gasteiger charge is 2.18. The van der Waals surface area contributed by atoms with Crippen LogP contribution in [0.5, 0.6) is 0 Å². The summed E-state index contributed by atoms with van der Waals surface area (Å²) in [6, 6.07) is 12.3. The second kappa shape index (κ2) is 8.66. The summed E-state index contributed by atoms with van der Waals surface area (Å²) in [6.07, 6.45) is 0.0406. The number of nitrogens with one attached hydrogen (secondary N) is 2. The van der Waals surface area contributed by atoms with Gasteiger partial charge in [-0.05, 0) is 49.6 Å². The van der Waals surface area contributed by atoms with Crippen molar-refractivity contribution in [1.29, 1.82) is 0 Å². The van der Waals surface area contributed by atoms with Gasteiger partial charge in [0.05, 0.1) is 10.9 Å². The third-order valence-electron chi connectivity index (χ3n) is 4.03. The smallest absolute Gasteiger partial charge is 0.240 e. The normalized spacial score (nSPS) is 12.6. The maximum absolute atomic E-state index is 12.4. The number of halogens is 1. The van der Waals surface area contributed by atoms with Gasteiger partial charge in [-0.15, -0.1) is 0 Å². The molecule has 0 fully saturated rings. The maximum atomic E-state index is 12.4. The Hall–Kier alpha value is -1.89. The predicted molar refractivity (Wildman–Crippen MR) is 104 cm³/mol. The molecule has 1 atom stereocenters. The van der Waals surface area contributed by atoms with E-state index in [-0.39, 0.29) is 29.8 Å². The van der Waals surface area contributed by atoms with Crippen molar-refractivity contribution in [3.63, 3.8) is 0 Å². The quantitative estimate of drug-likeness (QED) is 0.754. The van der Waals surface area contributed by atoms with Gasteiger partial charge in [0, 0.05) is 18.0 Å². The molecular formula is C19H23ClN2O3S. The molecular weight excluding hydrogens is 372 g/mol. The molecule has 0 aromatic heterocycles. The highest BCUT2D eigenvalue weighted by Crippen LogP contribution is 2.22. The van der Waals surface area contributed by atoms with Crippen molar-refractivity contribution in [3.05, 3.63) is 64.2 Å². The molecule has 5 nitrogen and oxygen atoms in total. The van der Waals surface area contributed by atoms with Gasteiger partial charge in [-0.1, -0.05) is 41.9 Å². The number of amides is 1. The molecule has 0 bridgehead atoms. The minimum Gasteiger partial charge on any atom is -0.349 e. The van der Waals surface area contributed by atoms with E-state index in [0.29, 0.717) is 10.6 Å². The van der Waals surface area contributed by atoms with Crippen LogP contribution in [-0.2, 0) is 14.8 Å². The van der Waals surface area contributed by atoms with Gasteiger partial charge in [0.2, 0.25) is 15.9 Å². The molecule has 1 unspecified atom stereocenters. The number of benzene rings is 2. The molecule has 0 aliphatic carbocycles. The third kappa shape index (κ3) is 5.30. The largest absolute Gasteiger partial charge is 0.349 e. The first-order valence-electron chi connectivity index (χ1n) is 8.31. The second-order valence-corrected chi connectivity index (χ2v) is 8.37. The summed E-state index contributed by atoms with van der Waals surface area (Å²) in [5.74, 6) is -0.249. The van der Waals surface area contributed by atoms with Crippen LogP contribution < -0.4 is 10.0 Å². The summed E-state index contributed by atoms with van der Waals surface area (Å²) in [7, 11) is -3.65. The Morgan fingerprint density at radius 2 is 1.85 bits per heavy atom. The van der Waals surface area contributed by atoms with Crippen LogP contribution in [0.4, 0.5) is 0 Å². The van der Waals surface area contributed by atoms with E-state index < -0.39 is 10.0 Å². The van der Waals surface area contributed by atoms with Crippen molar-refractivity contribution >= 4 is 27.5 Å². The van der Waals surface area contributed by atoms with Crippen LogP contribution >= 0.6 is 11.6 Å². The number of hydrogen-bond donors (Lipinski definition) is 2. The SMILES string of the molecule is Cc1ccc(C)c(S(=O)(=O)NCCC(=O)NC(C)c2ccccc2Cl)c1. The van der Waals surface area contributed by atoms with Crippen molar-refractivity contribution in [2.75, 3.05) is 6.54 Å². The molecule has 2 aromatic carbocycles. The van der Waals surface area contributed by atoms with E-state index in [1.165, 1.54) is 0 Å². The average molecular weight is 395 g/mol. The Balaban J connectivity index is 1.91. The van der Waals surface area contributed by atoms with Gasteiger partial charge in [-0.2, -0.15) is 0 Å². The molecule has 0 aliphatic rings. The zero-order valence-electron chi connectivity index (χ0n) is 15.0. The lowest BCUT2D eigenvalue weighted by atomic mass is 10.1. The van der Waals surface area contributed by atoms with Crippen molar-refractivity contribution in [3.8, 4) is 0 Å². The molecule has 0 saturated carbocycles. The summed E-state index contributed by atoms with van der Waals surface area (Å²) >= 11 is 6.12. The monoisotopic (exact) mass is 394 g/mol. The zero-order chi connectivity index (χ0) is 19.3. The first-order chi connectivity index (χ1) is 12.2. The van der Waals surface area contributed by atoms with E-state index in [2.05, 4.69) is 10.0 Å². The molecule has 0 spiro atoms.